The molecular weight excluding hydrogens is 345 g/mol. The molecule has 1 aliphatic rings. The van der Waals surface area contributed by atoms with E-state index in [-0.39, 0.29) is 11.8 Å². The molecule has 5 heteroatoms. The molecule has 1 aliphatic carbocycles. The topological polar surface area (TPSA) is 40.5 Å². The Morgan fingerprint density at radius 1 is 1.19 bits per heavy atom. The van der Waals surface area contributed by atoms with Crippen LogP contribution in [0.2, 0.25) is 0 Å². The van der Waals surface area contributed by atoms with Gasteiger partial charge in [-0.15, -0.1) is 0 Å². The highest BCUT2D eigenvalue weighted by molar-refractivity contribution is 6.06. The lowest BCUT2D eigenvalue weighted by Gasteiger charge is -2.14. The Bertz CT molecular complexity index is 1000. The summed E-state index contributed by atoms with van der Waals surface area (Å²) in [5.74, 6) is 0.0192. The van der Waals surface area contributed by atoms with E-state index in [0.29, 0.717) is 17.4 Å². The molecule has 4 nitrogen and oxygen atoms in total. The smallest absolute Gasteiger partial charge is 0.341 e. The van der Waals surface area contributed by atoms with Gasteiger partial charge in [0, 0.05) is 22.6 Å². The summed E-state index contributed by atoms with van der Waals surface area (Å²) in [7, 11) is 1.61. The van der Waals surface area contributed by atoms with Crippen molar-refractivity contribution in [3.05, 3.63) is 65.1 Å². The Balaban J connectivity index is 1.72. The van der Waals surface area contributed by atoms with Crippen LogP contribution in [0.4, 0.5) is 4.39 Å². The van der Waals surface area contributed by atoms with Gasteiger partial charge in [-0.3, -0.25) is 0 Å². The lowest BCUT2D eigenvalue weighted by atomic mass is 10.1. The molecule has 1 saturated carbocycles. The molecule has 0 amide bonds. The summed E-state index contributed by atoms with van der Waals surface area (Å²) in [5.41, 5.74) is 3.27. The first-order valence-electron chi connectivity index (χ1n) is 9.14. The van der Waals surface area contributed by atoms with E-state index in [9.17, 15) is 9.18 Å². The maximum Gasteiger partial charge on any atom is 0.341 e. The van der Waals surface area contributed by atoms with Gasteiger partial charge in [0.1, 0.15) is 17.7 Å². The number of aromatic nitrogens is 1. The Hall–Kier alpha value is -2.82. The monoisotopic (exact) mass is 367 g/mol. The molecule has 0 spiro atoms. The Labute approximate surface area is 157 Å². The normalized spacial score (nSPS) is 15.0. The zero-order valence-electron chi connectivity index (χ0n) is 15.7. The van der Waals surface area contributed by atoms with Gasteiger partial charge in [-0.2, -0.15) is 0 Å². The summed E-state index contributed by atoms with van der Waals surface area (Å²) in [6.07, 6.45) is 1.77. The number of rotatable bonds is 5. The lowest BCUT2D eigenvalue weighted by molar-refractivity contribution is 0.0339. The molecule has 0 saturated heterocycles. The van der Waals surface area contributed by atoms with E-state index in [1.54, 1.807) is 26.2 Å². The van der Waals surface area contributed by atoms with Gasteiger partial charge in [0.05, 0.1) is 12.7 Å². The third kappa shape index (κ3) is 3.18. The first-order chi connectivity index (χ1) is 13.0. The van der Waals surface area contributed by atoms with E-state index in [0.717, 1.165) is 35.0 Å². The second-order valence-corrected chi connectivity index (χ2v) is 7.04. The fourth-order valence-electron chi connectivity index (χ4n) is 3.63. The molecule has 0 N–H and O–H groups in total. The van der Waals surface area contributed by atoms with E-state index < -0.39 is 6.10 Å². The van der Waals surface area contributed by atoms with Gasteiger partial charge in [0.15, 0.2) is 0 Å². The largest absolute Gasteiger partial charge is 0.497 e. The molecule has 0 radical (unpaired) electrons. The van der Waals surface area contributed by atoms with Crippen molar-refractivity contribution < 1.29 is 18.7 Å². The van der Waals surface area contributed by atoms with Crippen LogP contribution in [0, 0.1) is 12.7 Å². The van der Waals surface area contributed by atoms with Crippen molar-refractivity contribution in [1.29, 1.82) is 0 Å². The SMILES string of the molecule is COc1ccc2c(c1)c(C(=O)OC(C)c1ccc(F)cc1)c(C)n2C1CC1. The van der Waals surface area contributed by atoms with Crippen LogP contribution in [-0.4, -0.2) is 17.6 Å². The van der Waals surface area contributed by atoms with Crippen LogP contribution in [-0.2, 0) is 4.74 Å². The number of carbonyl (C=O) groups is 1. The van der Waals surface area contributed by atoms with E-state index in [4.69, 9.17) is 9.47 Å². The average molecular weight is 367 g/mol. The number of esters is 1. The van der Waals surface area contributed by atoms with Crippen molar-refractivity contribution >= 4 is 16.9 Å². The molecule has 140 valence electrons. The first kappa shape index (κ1) is 17.6. The Morgan fingerprint density at radius 3 is 2.52 bits per heavy atom. The zero-order valence-corrected chi connectivity index (χ0v) is 15.7. The average Bonchev–Trinajstić information content (AvgIpc) is 3.44. The van der Waals surface area contributed by atoms with Crippen molar-refractivity contribution in [2.45, 2.75) is 38.8 Å². The molecule has 2 aromatic carbocycles. The number of hydrogen-bond acceptors (Lipinski definition) is 3. The van der Waals surface area contributed by atoms with E-state index in [1.165, 1.54) is 12.1 Å². The molecule has 1 atom stereocenters. The number of methoxy groups -OCH3 is 1. The van der Waals surface area contributed by atoms with Gasteiger partial charge in [-0.25, -0.2) is 9.18 Å². The molecule has 0 aliphatic heterocycles. The minimum atomic E-state index is -0.470. The van der Waals surface area contributed by atoms with Crippen LogP contribution >= 0.6 is 0 Å². The van der Waals surface area contributed by atoms with Crippen molar-refractivity contribution in [1.82, 2.24) is 4.57 Å². The van der Waals surface area contributed by atoms with Gasteiger partial charge in [0.25, 0.3) is 0 Å². The van der Waals surface area contributed by atoms with Crippen LogP contribution in [0.5, 0.6) is 5.75 Å². The van der Waals surface area contributed by atoms with Crippen molar-refractivity contribution in [2.24, 2.45) is 0 Å². The Morgan fingerprint density at radius 2 is 1.89 bits per heavy atom. The number of ether oxygens (including phenoxy) is 2. The van der Waals surface area contributed by atoms with E-state index in [1.807, 2.05) is 25.1 Å². The van der Waals surface area contributed by atoms with E-state index in [2.05, 4.69) is 4.57 Å². The molecule has 3 aromatic rings. The third-order valence-electron chi connectivity index (χ3n) is 5.20. The number of carbonyl (C=O) groups excluding carboxylic acids is 1. The second-order valence-electron chi connectivity index (χ2n) is 7.04. The summed E-state index contributed by atoms with van der Waals surface area (Å²) in [6.45, 7) is 3.76. The molecule has 1 aromatic heterocycles. The van der Waals surface area contributed by atoms with Crippen molar-refractivity contribution in [3.63, 3.8) is 0 Å². The molecule has 1 heterocycles. The van der Waals surface area contributed by atoms with Crippen LogP contribution in [0.1, 0.15) is 53.5 Å². The summed E-state index contributed by atoms with van der Waals surface area (Å²) >= 11 is 0. The number of hydrogen-bond donors (Lipinski definition) is 0. The number of halogens is 1. The minimum absolute atomic E-state index is 0.312. The van der Waals surface area contributed by atoms with E-state index >= 15 is 0 Å². The van der Waals surface area contributed by atoms with Crippen LogP contribution < -0.4 is 4.74 Å². The summed E-state index contributed by atoms with van der Waals surface area (Å²) in [6, 6.07) is 12.3. The maximum atomic E-state index is 13.1. The number of nitrogens with zero attached hydrogens (tertiary/aromatic N) is 1. The van der Waals surface area contributed by atoms with Crippen molar-refractivity contribution in [2.75, 3.05) is 7.11 Å². The first-order valence-corrected chi connectivity index (χ1v) is 9.14. The molecule has 1 unspecified atom stereocenters. The second kappa shape index (κ2) is 6.72. The molecule has 27 heavy (non-hydrogen) atoms. The summed E-state index contributed by atoms with van der Waals surface area (Å²) in [5, 5.41) is 0.843. The zero-order chi connectivity index (χ0) is 19.1. The van der Waals surface area contributed by atoms with Gasteiger partial charge in [-0.05, 0) is 62.6 Å². The maximum absolute atomic E-state index is 13.1. The van der Waals surface area contributed by atoms with Crippen LogP contribution in [0.15, 0.2) is 42.5 Å². The molecule has 1 fully saturated rings. The fourth-order valence-corrected chi connectivity index (χ4v) is 3.63. The molecule has 0 bridgehead atoms. The van der Waals surface area contributed by atoms with Gasteiger partial charge in [-0.1, -0.05) is 12.1 Å². The number of benzene rings is 2. The molecule has 4 rings (SSSR count). The van der Waals surface area contributed by atoms with Gasteiger partial charge >= 0.3 is 5.97 Å². The Kier molecular flexibility index (Phi) is 4.38. The standard InChI is InChI=1S/C22H22FNO3/c1-13-21(22(25)27-14(2)15-4-6-16(23)7-5-15)19-12-18(26-3)10-11-20(19)24(13)17-8-9-17/h4-7,10-12,14,17H,8-9H2,1-3H3. The highest BCUT2D eigenvalue weighted by atomic mass is 19.1. The number of fused-ring (bicyclic) bond motifs is 1. The van der Waals surface area contributed by atoms with Crippen molar-refractivity contribution in [3.8, 4) is 5.75 Å². The summed E-state index contributed by atoms with van der Waals surface area (Å²) in [4.78, 5) is 13.0. The third-order valence-corrected chi connectivity index (χ3v) is 5.20. The minimum Gasteiger partial charge on any atom is -0.497 e. The predicted molar refractivity (Wildman–Crippen MR) is 102 cm³/mol. The van der Waals surface area contributed by atoms with Crippen LogP contribution in [0.25, 0.3) is 10.9 Å². The highest BCUT2D eigenvalue weighted by Gasteiger charge is 2.31. The fraction of sp³-hybridized carbons (Fsp3) is 0.318. The predicted octanol–water partition coefficient (Wildman–Crippen LogP) is 5.35. The summed E-state index contributed by atoms with van der Waals surface area (Å²) < 4.78 is 26.4. The quantitative estimate of drug-likeness (QED) is 0.571. The van der Waals surface area contributed by atoms with Crippen LogP contribution in [0.3, 0.4) is 0 Å². The molecular formula is C22H22FNO3. The van der Waals surface area contributed by atoms with Gasteiger partial charge in [0.2, 0.25) is 0 Å². The van der Waals surface area contributed by atoms with Gasteiger partial charge < -0.3 is 14.0 Å². The lowest BCUT2D eigenvalue weighted by Crippen LogP contribution is -2.11. The highest BCUT2D eigenvalue weighted by Crippen LogP contribution is 2.42.